The number of carboxylic acids is 1. The summed E-state index contributed by atoms with van der Waals surface area (Å²) in [6.45, 7) is 4.13. The number of halogens is 1. The fourth-order valence-corrected chi connectivity index (χ4v) is 4.38. The third-order valence-electron chi connectivity index (χ3n) is 4.45. The van der Waals surface area contributed by atoms with E-state index in [1.165, 1.54) is 11.3 Å². The van der Waals surface area contributed by atoms with E-state index < -0.39 is 11.5 Å². The van der Waals surface area contributed by atoms with Crippen molar-refractivity contribution in [1.82, 2.24) is 4.98 Å². The third kappa shape index (κ3) is 3.17. The van der Waals surface area contributed by atoms with E-state index in [1.807, 2.05) is 23.6 Å². The molecule has 4 rings (SSSR count). The summed E-state index contributed by atoms with van der Waals surface area (Å²) in [7, 11) is 0. The molecule has 1 aliphatic heterocycles. The number of para-hydroxylation sites is 1. The predicted octanol–water partition coefficient (Wildman–Crippen LogP) is 5.38. The fourth-order valence-electron chi connectivity index (χ4n) is 3.15. The van der Waals surface area contributed by atoms with Crippen LogP contribution in [0.15, 0.2) is 57.3 Å². The topological polar surface area (TPSA) is 74.6 Å². The molecule has 0 amide bonds. The molecule has 0 atom stereocenters. The van der Waals surface area contributed by atoms with E-state index in [0.717, 1.165) is 20.7 Å². The van der Waals surface area contributed by atoms with Gasteiger partial charge in [-0.1, -0.05) is 30.3 Å². The summed E-state index contributed by atoms with van der Waals surface area (Å²) in [5.41, 5.74) is 3.16. The summed E-state index contributed by atoms with van der Waals surface area (Å²) in [6.07, 6.45) is 0. The highest BCUT2D eigenvalue weighted by atomic mass is 79.9. The largest absolute Gasteiger partial charge is 0.478 e. The van der Waals surface area contributed by atoms with Gasteiger partial charge in [-0.05, 0) is 41.9 Å². The van der Waals surface area contributed by atoms with Gasteiger partial charge in [0.2, 0.25) is 0 Å². The smallest absolute Gasteiger partial charge is 0.336 e. The zero-order valence-electron chi connectivity index (χ0n) is 14.7. The molecule has 1 aromatic heterocycles. The summed E-state index contributed by atoms with van der Waals surface area (Å²) in [5, 5.41) is 15.4. The van der Waals surface area contributed by atoms with Gasteiger partial charge in [0.05, 0.1) is 22.5 Å². The number of benzene rings is 2. The molecule has 136 valence electrons. The normalized spacial score (nSPS) is 14.9. The molecular weight excluding hydrogens is 426 g/mol. The van der Waals surface area contributed by atoms with Gasteiger partial charge in [0.15, 0.2) is 10.8 Å². The number of aromatic nitrogens is 1. The van der Waals surface area contributed by atoms with E-state index in [4.69, 9.17) is 4.99 Å². The summed E-state index contributed by atoms with van der Waals surface area (Å²) >= 11 is 5.04. The first kappa shape index (κ1) is 17.9. The maximum Gasteiger partial charge on any atom is 0.336 e. The van der Waals surface area contributed by atoms with Crippen molar-refractivity contribution in [1.29, 1.82) is 0 Å². The van der Waals surface area contributed by atoms with Gasteiger partial charge in [-0.25, -0.2) is 9.78 Å². The van der Waals surface area contributed by atoms with Gasteiger partial charge >= 0.3 is 5.97 Å². The lowest BCUT2D eigenvalue weighted by Crippen LogP contribution is -2.29. The van der Waals surface area contributed by atoms with Crippen LogP contribution in [-0.2, 0) is 5.54 Å². The number of nitrogens with zero attached hydrogens (tertiary/aromatic N) is 2. The van der Waals surface area contributed by atoms with E-state index in [9.17, 15) is 9.90 Å². The molecule has 7 heteroatoms. The summed E-state index contributed by atoms with van der Waals surface area (Å²) in [6, 6.07) is 12.9. The number of nitrogens with one attached hydrogen (secondary N) is 1. The highest BCUT2D eigenvalue weighted by Crippen LogP contribution is 2.40. The Kier molecular flexibility index (Phi) is 4.36. The molecule has 5 nitrogen and oxygen atoms in total. The van der Waals surface area contributed by atoms with Crippen molar-refractivity contribution in [3.8, 4) is 11.3 Å². The van der Waals surface area contributed by atoms with Crippen LogP contribution in [0.3, 0.4) is 0 Å². The van der Waals surface area contributed by atoms with Crippen LogP contribution in [0.1, 0.15) is 34.8 Å². The molecule has 2 N–H and O–H groups in total. The van der Waals surface area contributed by atoms with Gasteiger partial charge in [0.1, 0.15) is 0 Å². The number of anilines is 1. The molecule has 2 heterocycles. The third-order valence-corrected chi connectivity index (χ3v) is 5.96. The molecule has 0 saturated heterocycles. The van der Waals surface area contributed by atoms with E-state index in [1.54, 1.807) is 18.2 Å². The highest BCUT2D eigenvalue weighted by molar-refractivity contribution is 9.10. The second-order valence-electron chi connectivity index (χ2n) is 6.70. The lowest BCUT2D eigenvalue weighted by Gasteiger charge is -2.30. The molecule has 0 bridgehead atoms. The SMILES string of the molecule is CC1(C)N=C(c2nc(-c3ccccc3C(=O)O)cs2)Nc2c(Br)cccc21. The fraction of sp³-hybridized carbons (Fsp3) is 0.150. The van der Waals surface area contributed by atoms with Crippen LogP contribution in [0, 0.1) is 0 Å². The monoisotopic (exact) mass is 441 g/mol. The van der Waals surface area contributed by atoms with Gasteiger partial charge in [-0.3, -0.25) is 4.99 Å². The zero-order chi connectivity index (χ0) is 19.2. The number of hydrogen-bond donors (Lipinski definition) is 2. The van der Waals surface area contributed by atoms with E-state index >= 15 is 0 Å². The molecule has 0 aliphatic carbocycles. The Balaban J connectivity index is 1.76. The molecule has 3 aromatic rings. The predicted molar refractivity (Wildman–Crippen MR) is 112 cm³/mol. The summed E-state index contributed by atoms with van der Waals surface area (Å²) in [5.74, 6) is -0.282. The quantitative estimate of drug-likeness (QED) is 0.571. The van der Waals surface area contributed by atoms with E-state index in [2.05, 4.69) is 46.1 Å². The van der Waals surface area contributed by atoms with Crippen molar-refractivity contribution in [2.24, 2.45) is 4.99 Å². The van der Waals surface area contributed by atoms with Crippen molar-refractivity contribution < 1.29 is 9.90 Å². The average Bonchev–Trinajstić information content (AvgIpc) is 3.12. The van der Waals surface area contributed by atoms with Gasteiger partial charge in [-0.15, -0.1) is 11.3 Å². The maximum atomic E-state index is 11.5. The van der Waals surface area contributed by atoms with Crippen LogP contribution in [0.4, 0.5) is 5.69 Å². The van der Waals surface area contributed by atoms with E-state index in [-0.39, 0.29) is 5.56 Å². The van der Waals surface area contributed by atoms with Gasteiger partial charge in [0.25, 0.3) is 0 Å². The minimum absolute atomic E-state index is 0.237. The average molecular weight is 442 g/mol. The van der Waals surface area contributed by atoms with Crippen LogP contribution >= 0.6 is 27.3 Å². The molecule has 0 radical (unpaired) electrons. The van der Waals surface area contributed by atoms with Crippen molar-refractivity contribution in [3.05, 3.63) is 68.5 Å². The first-order chi connectivity index (χ1) is 12.9. The first-order valence-corrected chi connectivity index (χ1v) is 9.98. The number of aromatic carboxylic acids is 1. The first-order valence-electron chi connectivity index (χ1n) is 8.31. The van der Waals surface area contributed by atoms with Crippen LogP contribution in [-0.4, -0.2) is 21.9 Å². The number of amidine groups is 1. The van der Waals surface area contributed by atoms with Gasteiger partial charge < -0.3 is 10.4 Å². The standard InChI is InChI=1S/C20H16BrN3O2S/c1-20(2)13-8-5-9-14(21)16(13)23-17(24-20)18-22-15(10-27-18)11-6-3-4-7-12(11)19(25)26/h3-10H,1-2H3,(H,23,24)(H,25,26). The molecule has 27 heavy (non-hydrogen) atoms. The Bertz CT molecular complexity index is 1090. The van der Waals surface area contributed by atoms with Crippen LogP contribution in [0.25, 0.3) is 11.3 Å². The Morgan fingerprint density at radius 1 is 1.19 bits per heavy atom. The maximum absolute atomic E-state index is 11.5. The minimum atomic E-state index is -0.965. The molecule has 0 spiro atoms. The number of rotatable bonds is 3. The Hall–Kier alpha value is -2.51. The van der Waals surface area contributed by atoms with Gasteiger partial charge in [0, 0.05) is 21.0 Å². The molecular formula is C20H16BrN3O2S. The van der Waals surface area contributed by atoms with Crippen LogP contribution in [0.2, 0.25) is 0 Å². The Morgan fingerprint density at radius 3 is 2.74 bits per heavy atom. The van der Waals surface area contributed by atoms with Gasteiger partial charge in [-0.2, -0.15) is 0 Å². The number of aliphatic imine (C=N–C) groups is 1. The molecule has 0 fully saturated rings. The lowest BCUT2D eigenvalue weighted by atomic mass is 9.92. The summed E-state index contributed by atoms with van der Waals surface area (Å²) in [4.78, 5) is 21.0. The second-order valence-corrected chi connectivity index (χ2v) is 8.41. The Morgan fingerprint density at radius 2 is 1.96 bits per heavy atom. The van der Waals surface area contributed by atoms with Crippen LogP contribution in [0.5, 0.6) is 0 Å². The number of carboxylic acid groups (broad SMARTS) is 1. The minimum Gasteiger partial charge on any atom is -0.478 e. The number of hydrogen-bond acceptors (Lipinski definition) is 5. The van der Waals surface area contributed by atoms with Crippen molar-refractivity contribution in [2.45, 2.75) is 19.4 Å². The Labute approximate surface area is 168 Å². The number of thiazole rings is 1. The van der Waals surface area contributed by atoms with Crippen molar-refractivity contribution in [2.75, 3.05) is 5.32 Å². The second kappa shape index (κ2) is 6.58. The number of carbonyl (C=O) groups is 1. The van der Waals surface area contributed by atoms with Crippen molar-refractivity contribution in [3.63, 3.8) is 0 Å². The molecule has 0 unspecified atom stereocenters. The van der Waals surface area contributed by atoms with Crippen molar-refractivity contribution >= 4 is 44.8 Å². The number of fused-ring (bicyclic) bond motifs is 1. The highest BCUT2D eigenvalue weighted by Gasteiger charge is 2.31. The zero-order valence-corrected chi connectivity index (χ0v) is 17.1. The molecule has 1 aliphatic rings. The summed E-state index contributed by atoms with van der Waals surface area (Å²) < 4.78 is 0.966. The van der Waals surface area contributed by atoms with E-state index in [0.29, 0.717) is 17.1 Å². The van der Waals surface area contributed by atoms with Crippen LogP contribution < -0.4 is 5.32 Å². The lowest BCUT2D eigenvalue weighted by molar-refractivity contribution is 0.0697. The molecule has 2 aromatic carbocycles. The molecule has 0 saturated carbocycles.